The number of carbonyl (C=O) groups is 2. The molecule has 0 saturated carbocycles. The van der Waals surface area contributed by atoms with Crippen molar-refractivity contribution in [2.24, 2.45) is 0 Å². The van der Waals surface area contributed by atoms with E-state index in [0.29, 0.717) is 0 Å². The third-order valence-electron chi connectivity index (χ3n) is 3.22. The fourth-order valence-corrected chi connectivity index (χ4v) is 2.53. The van der Waals surface area contributed by atoms with Gasteiger partial charge in [0.25, 0.3) is 0 Å². The van der Waals surface area contributed by atoms with Gasteiger partial charge in [0.15, 0.2) is 11.7 Å². The van der Waals surface area contributed by atoms with Crippen LogP contribution in [0.4, 0.5) is 0 Å². The van der Waals surface area contributed by atoms with Gasteiger partial charge in [0, 0.05) is 0 Å². The molecule has 0 saturated heterocycles. The van der Waals surface area contributed by atoms with Gasteiger partial charge < -0.3 is 20.5 Å². The van der Waals surface area contributed by atoms with Crippen LogP contribution in [0.5, 0.6) is 0 Å². The molecule has 0 amide bonds. The Kier molecular flexibility index (Phi) is 8.43. The first-order valence-corrected chi connectivity index (χ1v) is 10.2. The summed E-state index contributed by atoms with van der Waals surface area (Å²) >= 11 is 1.15. The lowest BCUT2D eigenvalue weighted by Gasteiger charge is -2.05. The van der Waals surface area contributed by atoms with Crippen LogP contribution in [-0.4, -0.2) is 62.6 Å². The quantitative estimate of drug-likeness (QED) is 0.391. The molecular formula is C15H18N4O7S2. The zero-order valence-electron chi connectivity index (χ0n) is 14.9. The number of carboxylic acid groups (broad SMARTS) is 2. The molecule has 0 aliphatic heterocycles. The number of thioether (sulfide) groups is 1. The summed E-state index contributed by atoms with van der Waals surface area (Å²) in [5, 5.41) is 25.2. The van der Waals surface area contributed by atoms with Gasteiger partial charge in [-0.25, -0.2) is 23.0 Å². The molecule has 0 aliphatic carbocycles. The van der Waals surface area contributed by atoms with E-state index in [0.717, 1.165) is 17.3 Å². The molecule has 1 aromatic carbocycles. The predicted octanol–water partition coefficient (Wildman–Crippen LogP) is -0.572. The summed E-state index contributed by atoms with van der Waals surface area (Å²) in [5.74, 6) is -2.39. The Balaban J connectivity index is 0.000000307. The third kappa shape index (κ3) is 7.19. The van der Waals surface area contributed by atoms with Crippen molar-refractivity contribution in [3.05, 3.63) is 41.2 Å². The first kappa shape index (κ1) is 23.4. The van der Waals surface area contributed by atoms with Gasteiger partial charge in [-0.3, -0.25) is 0 Å². The Labute approximate surface area is 164 Å². The second kappa shape index (κ2) is 10.1. The topological polar surface area (TPSA) is 198 Å². The molecule has 0 spiro atoms. The van der Waals surface area contributed by atoms with Crippen LogP contribution in [0.15, 0.2) is 34.3 Å². The Hall–Kier alpha value is -2.61. The molecular weight excluding hydrogens is 412 g/mol. The minimum absolute atomic E-state index is 0.0256. The number of rotatable bonds is 6. The molecule has 1 heterocycles. The third-order valence-corrected chi connectivity index (χ3v) is 4.61. The number of aromatic carboxylic acids is 1. The lowest BCUT2D eigenvalue weighted by Crippen LogP contribution is -2.66. The van der Waals surface area contributed by atoms with E-state index in [1.165, 1.54) is 12.1 Å². The van der Waals surface area contributed by atoms with Crippen LogP contribution < -0.4 is 5.73 Å². The molecule has 2 rings (SSSR count). The molecule has 11 nitrogen and oxygen atoms in total. The number of aliphatic carboxylic acids is 1. The monoisotopic (exact) mass is 430 g/mol. The lowest BCUT2D eigenvalue weighted by atomic mass is 10.1. The van der Waals surface area contributed by atoms with Crippen LogP contribution in [0.25, 0.3) is 0 Å². The summed E-state index contributed by atoms with van der Waals surface area (Å²) < 4.78 is 31.2. The Morgan fingerprint density at radius 2 is 1.79 bits per heavy atom. The van der Waals surface area contributed by atoms with E-state index in [1.54, 1.807) is 18.4 Å². The number of hydrogen-bond donors (Lipinski definition) is 3. The molecule has 1 aromatic heterocycles. The van der Waals surface area contributed by atoms with Gasteiger partial charge in [-0.05, 0) is 25.3 Å². The van der Waals surface area contributed by atoms with Gasteiger partial charge in [-0.1, -0.05) is 29.5 Å². The van der Waals surface area contributed by atoms with Crippen LogP contribution in [0.3, 0.4) is 0 Å². The van der Waals surface area contributed by atoms with Crippen LogP contribution >= 0.6 is 11.8 Å². The number of carboxylic acids is 2. The summed E-state index contributed by atoms with van der Waals surface area (Å²) in [4.78, 5) is 25.2. The van der Waals surface area contributed by atoms with E-state index in [9.17, 15) is 22.6 Å². The maximum atomic E-state index is 10.9. The van der Waals surface area contributed by atoms with Gasteiger partial charge in [0.05, 0.1) is 11.3 Å². The van der Waals surface area contributed by atoms with Crippen LogP contribution in [0.2, 0.25) is 0 Å². The second-order valence-corrected chi connectivity index (χ2v) is 7.56. The van der Waals surface area contributed by atoms with E-state index >= 15 is 0 Å². The molecule has 0 fully saturated rings. The average molecular weight is 430 g/mol. The van der Waals surface area contributed by atoms with Crippen molar-refractivity contribution in [3.63, 3.8) is 0 Å². The minimum Gasteiger partial charge on any atom is -0.744 e. The zero-order chi connectivity index (χ0) is 21.5. The summed E-state index contributed by atoms with van der Waals surface area (Å²) in [5.41, 5.74) is 4.06. The second-order valence-electron chi connectivity index (χ2n) is 5.41. The highest BCUT2D eigenvalue weighted by Gasteiger charge is 2.23. The van der Waals surface area contributed by atoms with Gasteiger partial charge >= 0.3 is 11.9 Å². The number of nitrogens with zero attached hydrogens (tertiary/aromatic N) is 3. The maximum Gasteiger partial charge on any atom is 0.362 e. The fraction of sp³-hybridized carbons (Fsp3) is 0.267. The molecule has 152 valence electrons. The Bertz CT molecular complexity index is 949. The van der Waals surface area contributed by atoms with Crippen LogP contribution in [-0.2, 0) is 21.3 Å². The highest BCUT2D eigenvalue weighted by atomic mass is 32.2. The van der Waals surface area contributed by atoms with Crippen LogP contribution in [0.1, 0.15) is 21.7 Å². The number of aromatic nitrogens is 3. The SMILES string of the molecule is CSc1nnc(C[C@H]([NH3+])C(=O)O)c(C(=O)O)n1.Cc1ccc(S(=O)(=O)[O-])cc1. The highest BCUT2D eigenvalue weighted by molar-refractivity contribution is 7.98. The number of aryl methyl sites for hydroxylation is 1. The van der Waals surface area contributed by atoms with E-state index in [1.807, 2.05) is 6.92 Å². The normalized spacial score (nSPS) is 11.9. The largest absolute Gasteiger partial charge is 0.744 e. The smallest absolute Gasteiger partial charge is 0.362 e. The van der Waals surface area contributed by atoms with Crippen molar-refractivity contribution in [2.45, 2.75) is 29.4 Å². The van der Waals surface area contributed by atoms with Crippen LogP contribution in [0, 0.1) is 6.92 Å². The summed E-state index contributed by atoms with van der Waals surface area (Å²) in [6, 6.07) is 4.80. The standard InChI is InChI=1S/C8H10N4O4S.C7H8O3S/c1-17-8-10-5(7(15)16)4(11-12-8)2-3(9)6(13)14;1-6-2-4-7(5-3-6)11(8,9)10/h3H,2,9H2,1H3,(H,13,14)(H,15,16);2-5H,1H3,(H,8,9,10)/t3-;/m0./s1. The van der Waals surface area contributed by atoms with Crippen molar-refractivity contribution in [2.75, 3.05) is 6.26 Å². The number of hydrogen-bond acceptors (Lipinski definition) is 9. The van der Waals surface area contributed by atoms with Crippen molar-refractivity contribution >= 4 is 33.8 Å². The van der Waals surface area contributed by atoms with Gasteiger partial charge in [-0.15, -0.1) is 5.10 Å². The molecule has 0 aliphatic rings. The number of benzene rings is 1. The van der Waals surface area contributed by atoms with E-state index in [2.05, 4.69) is 20.9 Å². The molecule has 28 heavy (non-hydrogen) atoms. The van der Waals surface area contributed by atoms with Crippen molar-refractivity contribution in [3.8, 4) is 0 Å². The molecule has 2 aromatic rings. The van der Waals surface area contributed by atoms with E-state index in [-0.39, 0.29) is 27.9 Å². The van der Waals surface area contributed by atoms with Gasteiger partial charge in [-0.2, -0.15) is 5.10 Å². The maximum absolute atomic E-state index is 10.9. The summed E-state index contributed by atoms with van der Waals surface area (Å²) in [6.45, 7) is 1.82. The van der Waals surface area contributed by atoms with E-state index in [4.69, 9.17) is 10.2 Å². The van der Waals surface area contributed by atoms with Crippen molar-refractivity contribution in [1.29, 1.82) is 0 Å². The zero-order valence-corrected chi connectivity index (χ0v) is 16.5. The summed E-state index contributed by atoms with van der Waals surface area (Å²) in [6.07, 6.45) is 1.56. The molecule has 13 heteroatoms. The molecule has 1 atom stereocenters. The predicted molar refractivity (Wildman–Crippen MR) is 95.7 cm³/mol. The molecule has 0 bridgehead atoms. The molecule has 0 radical (unpaired) electrons. The first-order chi connectivity index (χ1) is 13.0. The molecule has 5 N–H and O–H groups in total. The van der Waals surface area contributed by atoms with Gasteiger partial charge in [0.2, 0.25) is 5.16 Å². The van der Waals surface area contributed by atoms with E-state index < -0.39 is 28.1 Å². The minimum atomic E-state index is -4.27. The number of quaternary nitrogens is 1. The first-order valence-electron chi connectivity index (χ1n) is 7.55. The fourth-order valence-electron chi connectivity index (χ4n) is 1.75. The Morgan fingerprint density at radius 1 is 1.21 bits per heavy atom. The summed E-state index contributed by atoms with van der Waals surface area (Å²) in [7, 11) is -4.27. The average Bonchev–Trinajstić information content (AvgIpc) is 2.61. The molecule has 0 unspecified atom stereocenters. The van der Waals surface area contributed by atoms with Gasteiger partial charge in [0.1, 0.15) is 15.8 Å². The lowest BCUT2D eigenvalue weighted by molar-refractivity contribution is -0.407. The van der Waals surface area contributed by atoms with Crippen molar-refractivity contribution < 1.29 is 38.5 Å². The Morgan fingerprint density at radius 3 is 2.21 bits per heavy atom. The highest BCUT2D eigenvalue weighted by Crippen LogP contribution is 2.11. The van der Waals surface area contributed by atoms with Crippen molar-refractivity contribution in [1.82, 2.24) is 15.2 Å².